The van der Waals surface area contributed by atoms with Crippen LogP contribution < -0.4 is 0 Å². The van der Waals surface area contributed by atoms with Crippen LogP contribution in [-0.2, 0) is 0 Å². The lowest BCUT2D eigenvalue weighted by Crippen LogP contribution is -2.11. The summed E-state index contributed by atoms with van der Waals surface area (Å²) in [4.78, 5) is 0. The van der Waals surface area contributed by atoms with E-state index in [-0.39, 0.29) is 0 Å². The minimum absolute atomic E-state index is 0.497. The molecule has 1 rings (SSSR count). The molecule has 0 amide bonds. The van der Waals surface area contributed by atoms with Gasteiger partial charge in [0.2, 0.25) is 0 Å². The van der Waals surface area contributed by atoms with Crippen molar-refractivity contribution in [2.45, 2.75) is 70.5 Å². The highest BCUT2D eigenvalue weighted by molar-refractivity contribution is 6.11. The maximum absolute atomic E-state index is 5.92. The van der Waals surface area contributed by atoms with Crippen molar-refractivity contribution < 1.29 is 0 Å². The maximum Gasteiger partial charge on any atom is 0.0699 e. The van der Waals surface area contributed by atoms with Crippen molar-refractivity contribution in [2.24, 2.45) is 11.8 Å². The molecular formula is C15H27B. The van der Waals surface area contributed by atoms with E-state index in [1.54, 1.807) is 0 Å². The van der Waals surface area contributed by atoms with Crippen LogP contribution in [0.25, 0.3) is 0 Å². The first-order valence-corrected chi connectivity index (χ1v) is 7.14. The van der Waals surface area contributed by atoms with Crippen LogP contribution in [0.1, 0.15) is 64.7 Å². The molecule has 0 aromatic rings. The zero-order valence-corrected chi connectivity index (χ0v) is 11.0. The van der Waals surface area contributed by atoms with Crippen molar-refractivity contribution in [3.8, 4) is 0 Å². The van der Waals surface area contributed by atoms with Crippen molar-refractivity contribution in [1.29, 1.82) is 0 Å². The second-order valence-corrected chi connectivity index (χ2v) is 5.50. The van der Waals surface area contributed by atoms with E-state index in [0.717, 1.165) is 11.8 Å². The molecule has 2 radical (unpaired) electrons. The molecule has 0 N–H and O–H groups in total. The second kappa shape index (κ2) is 7.98. The molecule has 1 heteroatoms. The molecule has 1 atom stereocenters. The SMILES string of the molecule is [B]C1CCC(CCCC(C=C)CCC)CC1. The molecule has 1 saturated carbocycles. The molecule has 90 valence electrons. The normalized spacial score (nSPS) is 27.6. The molecule has 0 saturated heterocycles. The highest BCUT2D eigenvalue weighted by Gasteiger charge is 2.17. The predicted octanol–water partition coefficient (Wildman–Crippen LogP) is 4.91. The van der Waals surface area contributed by atoms with Crippen molar-refractivity contribution in [3.63, 3.8) is 0 Å². The van der Waals surface area contributed by atoms with Crippen LogP contribution in [0.2, 0.25) is 5.82 Å². The third kappa shape index (κ3) is 5.23. The molecule has 16 heavy (non-hydrogen) atoms. The Labute approximate surface area is 103 Å². The van der Waals surface area contributed by atoms with Crippen molar-refractivity contribution >= 4 is 7.85 Å². The van der Waals surface area contributed by atoms with Gasteiger partial charge in [-0.05, 0) is 24.7 Å². The fraction of sp³-hybridized carbons (Fsp3) is 0.867. The molecular weight excluding hydrogens is 191 g/mol. The first-order chi connectivity index (χ1) is 7.76. The third-order valence-electron chi connectivity index (χ3n) is 4.07. The molecule has 0 spiro atoms. The van der Waals surface area contributed by atoms with Crippen molar-refractivity contribution in [3.05, 3.63) is 12.7 Å². The van der Waals surface area contributed by atoms with Crippen LogP contribution in [-0.4, -0.2) is 7.85 Å². The van der Waals surface area contributed by atoms with Crippen LogP contribution in [0.5, 0.6) is 0 Å². The van der Waals surface area contributed by atoms with Gasteiger partial charge in [-0.1, -0.05) is 63.8 Å². The first-order valence-electron chi connectivity index (χ1n) is 7.14. The molecule has 1 aliphatic carbocycles. The van der Waals surface area contributed by atoms with Crippen LogP contribution in [0, 0.1) is 11.8 Å². The van der Waals surface area contributed by atoms with Crippen molar-refractivity contribution in [2.75, 3.05) is 0 Å². The van der Waals surface area contributed by atoms with Gasteiger partial charge in [-0.2, -0.15) is 0 Å². The summed E-state index contributed by atoms with van der Waals surface area (Å²) in [5, 5.41) is 0. The van der Waals surface area contributed by atoms with Crippen LogP contribution in [0.3, 0.4) is 0 Å². The quantitative estimate of drug-likeness (QED) is 0.421. The summed E-state index contributed by atoms with van der Waals surface area (Å²) in [6.45, 7) is 6.20. The third-order valence-corrected chi connectivity index (χ3v) is 4.07. The lowest BCUT2D eigenvalue weighted by Gasteiger charge is -2.26. The Kier molecular flexibility index (Phi) is 6.92. The van der Waals surface area contributed by atoms with E-state index in [9.17, 15) is 0 Å². The average Bonchev–Trinajstić information content (AvgIpc) is 2.30. The van der Waals surface area contributed by atoms with Crippen LogP contribution in [0.4, 0.5) is 0 Å². The summed E-state index contributed by atoms with van der Waals surface area (Å²) in [6, 6.07) is 0. The fourth-order valence-corrected chi connectivity index (χ4v) is 2.90. The summed E-state index contributed by atoms with van der Waals surface area (Å²) < 4.78 is 0. The smallest absolute Gasteiger partial charge is 0.0699 e. The average molecular weight is 218 g/mol. The van der Waals surface area contributed by atoms with E-state index >= 15 is 0 Å². The van der Waals surface area contributed by atoms with E-state index in [1.165, 1.54) is 57.8 Å². The molecule has 0 bridgehead atoms. The molecule has 0 heterocycles. The summed E-state index contributed by atoms with van der Waals surface area (Å²) in [7, 11) is 5.92. The number of rotatable bonds is 7. The van der Waals surface area contributed by atoms with Crippen molar-refractivity contribution in [1.82, 2.24) is 0 Å². The Morgan fingerprint density at radius 2 is 1.94 bits per heavy atom. The molecule has 0 aromatic carbocycles. The Balaban J connectivity index is 2.07. The standard InChI is InChI=1S/C15H27B/c1-3-6-13(4-2)7-5-8-14-9-11-15(16)12-10-14/h4,13-15H,2-3,5-12H2,1H3. The molecule has 1 aliphatic rings. The Morgan fingerprint density at radius 3 is 2.50 bits per heavy atom. The zero-order chi connectivity index (χ0) is 11.8. The minimum atomic E-state index is 0.497. The van der Waals surface area contributed by atoms with Gasteiger partial charge in [-0.3, -0.25) is 0 Å². The van der Waals surface area contributed by atoms with Gasteiger partial charge in [0.05, 0.1) is 7.85 Å². The molecule has 1 unspecified atom stereocenters. The number of hydrogen-bond acceptors (Lipinski definition) is 0. The zero-order valence-electron chi connectivity index (χ0n) is 11.0. The number of hydrogen-bond donors (Lipinski definition) is 0. The van der Waals surface area contributed by atoms with Crippen LogP contribution in [0.15, 0.2) is 12.7 Å². The van der Waals surface area contributed by atoms with Gasteiger partial charge in [0.1, 0.15) is 0 Å². The lowest BCUT2D eigenvalue weighted by molar-refractivity contribution is 0.322. The van der Waals surface area contributed by atoms with Gasteiger partial charge in [0.25, 0.3) is 0 Å². The van der Waals surface area contributed by atoms with Gasteiger partial charge >= 0.3 is 0 Å². The van der Waals surface area contributed by atoms with Gasteiger partial charge in [-0.15, -0.1) is 6.58 Å². The van der Waals surface area contributed by atoms with E-state index in [1.807, 2.05) is 0 Å². The van der Waals surface area contributed by atoms with Gasteiger partial charge in [0, 0.05) is 0 Å². The van der Waals surface area contributed by atoms with Gasteiger partial charge in [0.15, 0.2) is 0 Å². The summed E-state index contributed by atoms with van der Waals surface area (Å²) in [5.74, 6) is 2.22. The monoisotopic (exact) mass is 218 g/mol. The molecule has 0 nitrogen and oxygen atoms in total. The second-order valence-electron chi connectivity index (χ2n) is 5.50. The highest BCUT2D eigenvalue weighted by atomic mass is 14.2. The van der Waals surface area contributed by atoms with E-state index in [0.29, 0.717) is 5.82 Å². The lowest BCUT2D eigenvalue weighted by atomic mass is 9.71. The molecule has 0 aliphatic heterocycles. The maximum atomic E-state index is 5.92. The fourth-order valence-electron chi connectivity index (χ4n) is 2.90. The Morgan fingerprint density at radius 1 is 1.25 bits per heavy atom. The summed E-state index contributed by atoms with van der Waals surface area (Å²) in [5.41, 5.74) is 0. The Hall–Kier alpha value is -0.195. The van der Waals surface area contributed by atoms with Gasteiger partial charge < -0.3 is 0 Å². The highest BCUT2D eigenvalue weighted by Crippen LogP contribution is 2.33. The van der Waals surface area contributed by atoms with E-state index in [2.05, 4.69) is 19.6 Å². The predicted molar refractivity (Wildman–Crippen MR) is 73.9 cm³/mol. The molecule has 0 aromatic heterocycles. The summed E-state index contributed by atoms with van der Waals surface area (Å²) >= 11 is 0. The largest absolute Gasteiger partial charge is 0.103 e. The van der Waals surface area contributed by atoms with Gasteiger partial charge in [-0.25, -0.2) is 0 Å². The topological polar surface area (TPSA) is 0 Å². The minimum Gasteiger partial charge on any atom is -0.103 e. The Bertz CT molecular complexity index is 180. The van der Waals surface area contributed by atoms with E-state index in [4.69, 9.17) is 7.85 Å². The van der Waals surface area contributed by atoms with Crippen LogP contribution >= 0.6 is 0 Å². The van der Waals surface area contributed by atoms with E-state index < -0.39 is 0 Å². The number of allylic oxidation sites excluding steroid dienone is 1. The summed E-state index contributed by atoms with van der Waals surface area (Å²) in [6.07, 6.45) is 14.2. The first kappa shape index (κ1) is 13.9. The molecule has 1 fully saturated rings.